The molecule has 1 fully saturated rings. The molecule has 1 heterocycles. The SMILES string of the molecule is O=C(CSc1nnc(-c2ccc(Cl)cc2)o1)N(C1=CCCCC1)C1CC1. The zero-order valence-electron chi connectivity index (χ0n) is 14.4. The maximum absolute atomic E-state index is 12.8. The Morgan fingerprint density at radius 2 is 2.04 bits per heavy atom. The zero-order valence-corrected chi connectivity index (χ0v) is 15.9. The van der Waals surface area contributed by atoms with Gasteiger partial charge in [0, 0.05) is 22.3 Å². The van der Waals surface area contributed by atoms with E-state index in [-0.39, 0.29) is 5.91 Å². The van der Waals surface area contributed by atoms with Crippen LogP contribution in [0.1, 0.15) is 38.5 Å². The number of amides is 1. The molecule has 1 saturated carbocycles. The molecule has 1 aromatic heterocycles. The number of hydrogen-bond donors (Lipinski definition) is 0. The highest BCUT2D eigenvalue weighted by molar-refractivity contribution is 7.99. The minimum Gasteiger partial charge on any atom is -0.411 e. The highest BCUT2D eigenvalue weighted by Crippen LogP contribution is 2.34. The molecule has 0 aliphatic heterocycles. The summed E-state index contributed by atoms with van der Waals surface area (Å²) in [5.41, 5.74) is 2.02. The molecule has 0 saturated heterocycles. The van der Waals surface area contributed by atoms with Gasteiger partial charge in [0.1, 0.15) is 0 Å². The number of carbonyl (C=O) groups is 1. The van der Waals surface area contributed by atoms with Crippen molar-refractivity contribution in [2.24, 2.45) is 0 Å². The Bertz CT molecular complexity index is 814. The lowest BCUT2D eigenvalue weighted by molar-refractivity contribution is -0.127. The van der Waals surface area contributed by atoms with Gasteiger partial charge in [0.15, 0.2) is 0 Å². The predicted octanol–water partition coefficient (Wildman–Crippen LogP) is 4.93. The second-order valence-electron chi connectivity index (χ2n) is 6.60. The fourth-order valence-electron chi connectivity index (χ4n) is 3.14. The molecule has 2 aliphatic rings. The lowest BCUT2D eigenvalue weighted by atomic mass is 10.0. The first kappa shape index (κ1) is 17.6. The molecule has 2 aliphatic carbocycles. The first-order chi connectivity index (χ1) is 12.7. The number of nitrogens with zero attached hydrogens (tertiary/aromatic N) is 3. The van der Waals surface area contributed by atoms with Crippen molar-refractivity contribution in [3.8, 4) is 11.5 Å². The summed E-state index contributed by atoms with van der Waals surface area (Å²) in [5.74, 6) is 0.887. The van der Waals surface area contributed by atoms with Crippen LogP contribution in [0.15, 0.2) is 45.7 Å². The summed E-state index contributed by atoms with van der Waals surface area (Å²) < 4.78 is 5.67. The van der Waals surface area contributed by atoms with Gasteiger partial charge in [0.2, 0.25) is 11.8 Å². The van der Waals surface area contributed by atoms with Gasteiger partial charge in [0.05, 0.1) is 5.75 Å². The van der Waals surface area contributed by atoms with Crippen LogP contribution in [0, 0.1) is 0 Å². The summed E-state index contributed by atoms with van der Waals surface area (Å²) in [7, 11) is 0. The fourth-order valence-corrected chi connectivity index (χ4v) is 3.89. The Hall–Kier alpha value is -1.79. The highest BCUT2D eigenvalue weighted by Gasteiger charge is 2.35. The number of allylic oxidation sites excluding steroid dienone is 2. The van der Waals surface area contributed by atoms with E-state index in [1.807, 2.05) is 17.0 Å². The maximum atomic E-state index is 12.8. The van der Waals surface area contributed by atoms with Crippen LogP contribution in [-0.4, -0.2) is 32.8 Å². The van der Waals surface area contributed by atoms with Gasteiger partial charge in [-0.1, -0.05) is 29.4 Å². The first-order valence-electron chi connectivity index (χ1n) is 8.94. The van der Waals surface area contributed by atoms with E-state index in [1.165, 1.54) is 30.3 Å². The third-order valence-electron chi connectivity index (χ3n) is 4.57. The average molecular weight is 390 g/mol. The Morgan fingerprint density at radius 3 is 2.73 bits per heavy atom. The zero-order chi connectivity index (χ0) is 17.9. The highest BCUT2D eigenvalue weighted by atomic mass is 35.5. The molecule has 0 atom stereocenters. The number of thioether (sulfide) groups is 1. The minimum absolute atomic E-state index is 0.136. The second-order valence-corrected chi connectivity index (χ2v) is 7.97. The van der Waals surface area contributed by atoms with E-state index in [2.05, 4.69) is 16.3 Å². The first-order valence-corrected chi connectivity index (χ1v) is 10.3. The Balaban J connectivity index is 1.39. The maximum Gasteiger partial charge on any atom is 0.277 e. The molecular formula is C19H20ClN3O2S. The normalized spacial score (nSPS) is 17.0. The third-order valence-corrected chi connectivity index (χ3v) is 5.63. The van der Waals surface area contributed by atoms with Gasteiger partial charge in [0.25, 0.3) is 5.22 Å². The van der Waals surface area contributed by atoms with E-state index in [1.54, 1.807) is 12.1 Å². The number of hydrogen-bond acceptors (Lipinski definition) is 5. The van der Waals surface area contributed by atoms with Crippen LogP contribution in [0.3, 0.4) is 0 Å². The smallest absolute Gasteiger partial charge is 0.277 e. The van der Waals surface area contributed by atoms with Crippen molar-refractivity contribution in [3.05, 3.63) is 41.1 Å². The van der Waals surface area contributed by atoms with Crippen molar-refractivity contribution in [2.75, 3.05) is 5.75 Å². The fraction of sp³-hybridized carbons (Fsp3) is 0.421. The Labute approximate surface area is 161 Å². The van der Waals surface area contributed by atoms with E-state index >= 15 is 0 Å². The number of benzene rings is 1. The molecule has 4 rings (SSSR count). The van der Waals surface area contributed by atoms with Gasteiger partial charge in [-0.05, 0) is 62.8 Å². The molecule has 26 heavy (non-hydrogen) atoms. The summed E-state index contributed by atoms with van der Waals surface area (Å²) in [5, 5.41) is 9.18. The molecule has 136 valence electrons. The van der Waals surface area contributed by atoms with Gasteiger partial charge < -0.3 is 9.32 Å². The average Bonchev–Trinajstić information content (AvgIpc) is 3.38. The van der Waals surface area contributed by atoms with Crippen molar-refractivity contribution in [1.82, 2.24) is 15.1 Å². The molecule has 2 aromatic rings. The summed E-state index contributed by atoms with van der Waals surface area (Å²) >= 11 is 7.20. The lowest BCUT2D eigenvalue weighted by Crippen LogP contribution is -2.34. The summed E-state index contributed by atoms with van der Waals surface area (Å²) in [6.45, 7) is 0. The standard InChI is InChI=1S/C19H20ClN3O2S/c20-14-8-6-13(7-9-14)18-21-22-19(25-18)26-12-17(24)23(16-10-11-16)15-4-2-1-3-5-15/h4,6-9,16H,1-3,5,10-12H2. The molecule has 0 bridgehead atoms. The van der Waals surface area contributed by atoms with Crippen molar-refractivity contribution in [2.45, 2.75) is 49.8 Å². The van der Waals surface area contributed by atoms with E-state index in [0.29, 0.717) is 27.9 Å². The molecule has 7 heteroatoms. The largest absolute Gasteiger partial charge is 0.411 e. The van der Waals surface area contributed by atoms with Crippen molar-refractivity contribution in [3.63, 3.8) is 0 Å². The second kappa shape index (κ2) is 7.84. The van der Waals surface area contributed by atoms with Crippen molar-refractivity contribution < 1.29 is 9.21 Å². The molecule has 5 nitrogen and oxygen atoms in total. The Morgan fingerprint density at radius 1 is 1.23 bits per heavy atom. The number of carbonyl (C=O) groups excluding carboxylic acids is 1. The molecule has 0 unspecified atom stereocenters. The van der Waals surface area contributed by atoms with Crippen LogP contribution in [-0.2, 0) is 4.79 Å². The van der Waals surface area contributed by atoms with Crippen LogP contribution in [0.4, 0.5) is 0 Å². The summed E-state index contributed by atoms with van der Waals surface area (Å²) in [4.78, 5) is 14.8. The van der Waals surface area contributed by atoms with Gasteiger partial charge >= 0.3 is 0 Å². The van der Waals surface area contributed by atoms with Crippen LogP contribution in [0.2, 0.25) is 5.02 Å². The van der Waals surface area contributed by atoms with Crippen LogP contribution in [0.5, 0.6) is 0 Å². The predicted molar refractivity (Wildman–Crippen MR) is 102 cm³/mol. The number of rotatable bonds is 6. The van der Waals surface area contributed by atoms with Gasteiger partial charge in [-0.3, -0.25) is 4.79 Å². The van der Waals surface area contributed by atoms with Gasteiger partial charge in [-0.25, -0.2) is 0 Å². The van der Waals surface area contributed by atoms with Crippen molar-refractivity contribution >= 4 is 29.3 Å². The molecule has 0 radical (unpaired) electrons. The molecule has 1 aromatic carbocycles. The Kier molecular flexibility index (Phi) is 5.31. The molecular weight excluding hydrogens is 370 g/mol. The third kappa shape index (κ3) is 4.13. The minimum atomic E-state index is 0.136. The number of halogens is 1. The van der Waals surface area contributed by atoms with E-state index in [9.17, 15) is 4.79 Å². The van der Waals surface area contributed by atoms with E-state index in [0.717, 1.165) is 31.2 Å². The van der Waals surface area contributed by atoms with Crippen LogP contribution in [0.25, 0.3) is 11.5 Å². The topological polar surface area (TPSA) is 59.2 Å². The molecule has 0 spiro atoms. The summed E-state index contributed by atoms with van der Waals surface area (Å²) in [6.07, 6.45) is 8.92. The lowest BCUT2D eigenvalue weighted by Gasteiger charge is -2.27. The van der Waals surface area contributed by atoms with Crippen LogP contribution < -0.4 is 0 Å². The number of aromatic nitrogens is 2. The van der Waals surface area contributed by atoms with E-state index < -0.39 is 0 Å². The van der Waals surface area contributed by atoms with Crippen LogP contribution >= 0.6 is 23.4 Å². The van der Waals surface area contributed by atoms with Crippen molar-refractivity contribution in [1.29, 1.82) is 0 Å². The van der Waals surface area contributed by atoms with Gasteiger partial charge in [-0.15, -0.1) is 10.2 Å². The quantitative estimate of drug-likeness (QED) is 0.655. The van der Waals surface area contributed by atoms with E-state index in [4.69, 9.17) is 16.0 Å². The van der Waals surface area contributed by atoms with Gasteiger partial charge in [-0.2, -0.15) is 0 Å². The monoisotopic (exact) mass is 389 g/mol. The molecule has 0 N–H and O–H groups in total. The summed E-state index contributed by atoms with van der Waals surface area (Å²) in [6, 6.07) is 7.62. The molecule has 1 amide bonds.